The topological polar surface area (TPSA) is 84.9 Å². The van der Waals surface area contributed by atoms with Gasteiger partial charge in [0.15, 0.2) is 0 Å². The number of hydrogen-bond donors (Lipinski definition) is 2. The van der Waals surface area contributed by atoms with Crippen molar-refractivity contribution in [1.29, 1.82) is 0 Å². The highest BCUT2D eigenvalue weighted by molar-refractivity contribution is 5.98. The predicted molar refractivity (Wildman–Crippen MR) is 103 cm³/mol. The van der Waals surface area contributed by atoms with Crippen molar-refractivity contribution < 1.29 is 24.2 Å². The molecule has 0 aliphatic carbocycles. The van der Waals surface area contributed by atoms with Gasteiger partial charge in [0, 0.05) is 24.1 Å². The fraction of sp³-hybridized carbons (Fsp3) is 0.524. The number of aromatic hydroxyl groups is 1. The number of esters is 1. The number of phenolic OH excluding ortho intramolecular Hbond substituents is 1. The Hall–Kier alpha value is -2.50. The summed E-state index contributed by atoms with van der Waals surface area (Å²) in [4.78, 5) is 23.8. The van der Waals surface area contributed by atoms with E-state index >= 15 is 0 Å². The summed E-state index contributed by atoms with van der Waals surface area (Å²) < 4.78 is 10.5. The third kappa shape index (κ3) is 4.81. The molecule has 2 rings (SSSR count). The number of benzene rings is 1. The van der Waals surface area contributed by atoms with E-state index in [1.807, 2.05) is 19.9 Å². The number of methoxy groups -OCH3 is 1. The molecule has 1 aliphatic rings. The molecule has 0 saturated carbocycles. The minimum Gasteiger partial charge on any atom is -0.507 e. The lowest BCUT2D eigenvalue weighted by Crippen LogP contribution is -2.26. The van der Waals surface area contributed by atoms with Gasteiger partial charge in [-0.3, -0.25) is 4.79 Å². The number of ether oxygens (including phenoxy) is 2. The van der Waals surface area contributed by atoms with Gasteiger partial charge >= 0.3 is 5.97 Å². The zero-order valence-electron chi connectivity index (χ0n) is 16.8. The van der Waals surface area contributed by atoms with Gasteiger partial charge in [0.2, 0.25) is 5.91 Å². The Morgan fingerprint density at radius 3 is 2.70 bits per heavy atom. The molecule has 6 nitrogen and oxygen atoms in total. The second kappa shape index (κ2) is 8.93. The Kier molecular flexibility index (Phi) is 6.88. The van der Waals surface area contributed by atoms with E-state index in [-0.39, 0.29) is 23.8 Å². The summed E-state index contributed by atoms with van der Waals surface area (Å²) in [5, 5.41) is 13.5. The van der Waals surface area contributed by atoms with Crippen LogP contribution in [0.15, 0.2) is 11.6 Å². The lowest BCUT2D eigenvalue weighted by molar-refractivity contribution is -0.121. The van der Waals surface area contributed by atoms with Gasteiger partial charge in [-0.1, -0.05) is 25.5 Å². The SMILES string of the molecule is COc1c(C)c2c(c(O)c1CC=C(C)CCC(=O)NCC(C)C)C(=O)OC2. The maximum atomic E-state index is 11.9. The number of fused-ring (bicyclic) bond motifs is 1. The van der Waals surface area contributed by atoms with Gasteiger partial charge in [-0.15, -0.1) is 0 Å². The quantitative estimate of drug-likeness (QED) is 0.537. The molecule has 148 valence electrons. The van der Waals surface area contributed by atoms with E-state index < -0.39 is 5.97 Å². The van der Waals surface area contributed by atoms with E-state index in [1.54, 1.807) is 7.11 Å². The number of cyclic esters (lactones) is 1. The number of allylic oxidation sites excluding steroid dienone is 2. The van der Waals surface area contributed by atoms with Crippen molar-refractivity contribution in [3.8, 4) is 11.5 Å². The highest BCUT2D eigenvalue weighted by Gasteiger charge is 2.31. The molecule has 0 fully saturated rings. The lowest BCUT2D eigenvalue weighted by atomic mass is 9.94. The van der Waals surface area contributed by atoms with Crippen LogP contribution in [-0.4, -0.2) is 30.6 Å². The molecule has 6 heteroatoms. The average Bonchev–Trinajstić information content (AvgIpc) is 3.02. The van der Waals surface area contributed by atoms with Gasteiger partial charge in [0.25, 0.3) is 0 Å². The molecule has 0 unspecified atom stereocenters. The highest BCUT2D eigenvalue weighted by atomic mass is 16.5. The largest absolute Gasteiger partial charge is 0.507 e. The molecule has 2 N–H and O–H groups in total. The molecule has 1 amide bonds. The van der Waals surface area contributed by atoms with E-state index in [1.165, 1.54) is 0 Å². The molecule has 0 spiro atoms. The Labute approximate surface area is 160 Å². The maximum Gasteiger partial charge on any atom is 0.342 e. The lowest BCUT2D eigenvalue weighted by Gasteiger charge is -2.15. The Balaban J connectivity index is 2.12. The van der Waals surface area contributed by atoms with Gasteiger partial charge < -0.3 is 19.9 Å². The number of phenols is 1. The first-order valence-corrected chi connectivity index (χ1v) is 9.26. The summed E-state index contributed by atoms with van der Waals surface area (Å²) in [6, 6.07) is 0. The number of amides is 1. The molecule has 1 heterocycles. The Morgan fingerprint density at radius 2 is 2.07 bits per heavy atom. The maximum absolute atomic E-state index is 11.9. The molecule has 0 bridgehead atoms. The normalized spacial score (nSPS) is 13.6. The summed E-state index contributed by atoms with van der Waals surface area (Å²) in [5.74, 6) is 0.456. The summed E-state index contributed by atoms with van der Waals surface area (Å²) >= 11 is 0. The van der Waals surface area contributed by atoms with E-state index in [4.69, 9.17) is 9.47 Å². The first-order valence-electron chi connectivity index (χ1n) is 9.26. The molecule has 27 heavy (non-hydrogen) atoms. The summed E-state index contributed by atoms with van der Waals surface area (Å²) in [7, 11) is 1.55. The van der Waals surface area contributed by atoms with E-state index in [2.05, 4.69) is 19.2 Å². The van der Waals surface area contributed by atoms with Gasteiger partial charge in [-0.05, 0) is 38.2 Å². The predicted octanol–water partition coefficient (Wildman–Crippen LogP) is 3.42. The number of nitrogens with one attached hydrogen (secondary N) is 1. The van der Waals surface area contributed by atoms with Crippen LogP contribution in [0.5, 0.6) is 11.5 Å². The smallest absolute Gasteiger partial charge is 0.342 e. The zero-order chi connectivity index (χ0) is 20.1. The first-order chi connectivity index (χ1) is 12.8. The van der Waals surface area contributed by atoms with Crippen molar-refractivity contribution in [3.63, 3.8) is 0 Å². The van der Waals surface area contributed by atoms with Crippen LogP contribution in [0.3, 0.4) is 0 Å². The first kappa shape index (κ1) is 20.8. The fourth-order valence-corrected chi connectivity index (χ4v) is 3.12. The summed E-state index contributed by atoms with van der Waals surface area (Å²) in [6.07, 6.45) is 3.43. The van der Waals surface area contributed by atoms with Crippen molar-refractivity contribution in [1.82, 2.24) is 5.32 Å². The molecule has 0 saturated heterocycles. The van der Waals surface area contributed by atoms with Gasteiger partial charge in [-0.2, -0.15) is 0 Å². The van der Waals surface area contributed by atoms with Crippen LogP contribution >= 0.6 is 0 Å². The van der Waals surface area contributed by atoms with Gasteiger partial charge in [-0.25, -0.2) is 4.79 Å². The zero-order valence-corrected chi connectivity index (χ0v) is 16.8. The standard InChI is InChI=1S/C21H29NO5/c1-12(2)10-22-17(23)9-7-13(3)6-8-15-19(24)18-16(11-27-21(18)25)14(4)20(15)26-5/h6,12,24H,7-11H2,1-5H3,(H,22,23). The highest BCUT2D eigenvalue weighted by Crippen LogP contribution is 2.42. The second-order valence-electron chi connectivity index (χ2n) is 7.37. The van der Waals surface area contributed by atoms with Gasteiger partial charge in [0.05, 0.1) is 7.11 Å². The van der Waals surface area contributed by atoms with Crippen molar-refractivity contribution in [3.05, 3.63) is 33.9 Å². The minimum atomic E-state index is -0.503. The van der Waals surface area contributed by atoms with Crippen LogP contribution in [0.25, 0.3) is 0 Å². The molecule has 1 aromatic rings. The number of hydrogen-bond acceptors (Lipinski definition) is 5. The number of rotatable bonds is 8. The molecule has 0 atom stereocenters. The van der Waals surface area contributed by atoms with Crippen molar-refractivity contribution in [2.75, 3.05) is 13.7 Å². The van der Waals surface area contributed by atoms with Crippen LogP contribution < -0.4 is 10.1 Å². The van der Waals surface area contributed by atoms with Crippen molar-refractivity contribution in [2.45, 2.75) is 53.6 Å². The summed E-state index contributed by atoms with van der Waals surface area (Å²) in [5.41, 5.74) is 3.33. The molecule has 0 aromatic heterocycles. The average molecular weight is 375 g/mol. The molecule has 0 radical (unpaired) electrons. The monoisotopic (exact) mass is 375 g/mol. The third-order valence-corrected chi connectivity index (χ3v) is 4.76. The third-order valence-electron chi connectivity index (χ3n) is 4.76. The van der Waals surface area contributed by atoms with Crippen LogP contribution in [-0.2, 0) is 22.6 Å². The van der Waals surface area contributed by atoms with E-state index in [9.17, 15) is 14.7 Å². The summed E-state index contributed by atoms with van der Waals surface area (Å²) in [6.45, 7) is 8.76. The van der Waals surface area contributed by atoms with Crippen LogP contribution in [0.1, 0.15) is 60.7 Å². The van der Waals surface area contributed by atoms with Crippen molar-refractivity contribution >= 4 is 11.9 Å². The van der Waals surface area contributed by atoms with Crippen LogP contribution in [0.2, 0.25) is 0 Å². The van der Waals surface area contributed by atoms with Crippen LogP contribution in [0, 0.1) is 12.8 Å². The Morgan fingerprint density at radius 1 is 1.37 bits per heavy atom. The molecular formula is C21H29NO5. The van der Waals surface area contributed by atoms with E-state index in [0.29, 0.717) is 48.6 Å². The molecule has 1 aliphatic heterocycles. The minimum absolute atomic E-state index is 0.0352. The van der Waals surface area contributed by atoms with Crippen molar-refractivity contribution in [2.24, 2.45) is 5.92 Å². The fourth-order valence-electron chi connectivity index (χ4n) is 3.12. The van der Waals surface area contributed by atoms with Crippen LogP contribution in [0.4, 0.5) is 0 Å². The van der Waals surface area contributed by atoms with Gasteiger partial charge in [0.1, 0.15) is 23.7 Å². The van der Waals surface area contributed by atoms with E-state index in [0.717, 1.165) is 11.1 Å². The Bertz CT molecular complexity index is 765. The second-order valence-corrected chi connectivity index (χ2v) is 7.37. The molecular weight excluding hydrogens is 346 g/mol. The number of carbonyl (C=O) groups is 2. The number of carbonyl (C=O) groups excluding carboxylic acids is 2. The molecule has 1 aromatic carbocycles.